The molecule has 0 radical (unpaired) electrons. The Kier molecular flexibility index (Phi) is 5.90. The number of aryl methyl sites for hydroxylation is 1. The number of thioether (sulfide) groups is 1. The van der Waals surface area contributed by atoms with E-state index in [1.54, 1.807) is 12.1 Å². The smallest absolute Gasteiger partial charge is 0.164 e. The molecule has 0 saturated carbocycles. The van der Waals surface area contributed by atoms with Crippen molar-refractivity contribution < 1.29 is 4.39 Å². The minimum atomic E-state index is -0.197. The third-order valence-electron chi connectivity index (χ3n) is 3.77. The molecule has 2 nitrogen and oxygen atoms in total. The van der Waals surface area contributed by atoms with Gasteiger partial charge in [0.2, 0.25) is 0 Å². The van der Waals surface area contributed by atoms with E-state index in [2.05, 4.69) is 32.6 Å². The molecule has 0 amide bonds. The molecule has 0 unspecified atom stereocenters. The molecule has 1 aromatic carbocycles. The molecule has 0 aliphatic carbocycles. The van der Waals surface area contributed by atoms with Crippen LogP contribution in [0.25, 0.3) is 0 Å². The molecule has 122 valence electrons. The lowest BCUT2D eigenvalue weighted by atomic mass is 10.0. The highest BCUT2D eigenvalue weighted by molar-refractivity contribution is 8.14. The van der Waals surface area contributed by atoms with Crippen molar-refractivity contribution in [2.45, 2.75) is 47.1 Å². The van der Waals surface area contributed by atoms with E-state index in [1.165, 1.54) is 12.5 Å². The number of aliphatic imine (C=N–C) groups is 1. The monoisotopic (exact) mass is 322 g/mol. The summed E-state index contributed by atoms with van der Waals surface area (Å²) in [5, 5.41) is 1.09. The number of hydrogen-bond donors (Lipinski definition) is 0. The molecular formula is C18H27FN2S. The minimum absolute atomic E-state index is 0.197. The van der Waals surface area contributed by atoms with Gasteiger partial charge in [-0.15, -0.1) is 0 Å². The van der Waals surface area contributed by atoms with Gasteiger partial charge in [0.25, 0.3) is 0 Å². The number of halogens is 1. The van der Waals surface area contributed by atoms with E-state index in [1.807, 2.05) is 18.7 Å². The van der Waals surface area contributed by atoms with Crippen molar-refractivity contribution in [2.75, 3.05) is 12.3 Å². The van der Waals surface area contributed by atoms with Crippen LogP contribution in [0.15, 0.2) is 23.2 Å². The van der Waals surface area contributed by atoms with Crippen molar-refractivity contribution >= 4 is 22.6 Å². The first-order valence-electron chi connectivity index (χ1n) is 8.11. The van der Waals surface area contributed by atoms with Crippen LogP contribution in [0.4, 0.5) is 10.1 Å². The Bertz CT molecular complexity index is 540. The van der Waals surface area contributed by atoms with E-state index < -0.39 is 0 Å². The van der Waals surface area contributed by atoms with Gasteiger partial charge in [0.1, 0.15) is 5.82 Å². The van der Waals surface area contributed by atoms with Crippen molar-refractivity contribution in [2.24, 2.45) is 16.8 Å². The molecule has 1 aliphatic heterocycles. The van der Waals surface area contributed by atoms with E-state index in [0.29, 0.717) is 17.9 Å². The normalized spacial score (nSPS) is 20.6. The first-order valence-corrected chi connectivity index (χ1v) is 9.09. The summed E-state index contributed by atoms with van der Waals surface area (Å²) in [5.41, 5.74) is 1.77. The average molecular weight is 322 g/mol. The second-order valence-electron chi connectivity index (χ2n) is 6.97. The lowest BCUT2D eigenvalue weighted by Gasteiger charge is -2.29. The molecule has 0 aromatic heterocycles. The third kappa shape index (κ3) is 4.48. The maximum Gasteiger partial charge on any atom is 0.164 e. The molecule has 2 rings (SSSR count). The number of hydrogen-bond acceptors (Lipinski definition) is 2. The molecule has 1 saturated heterocycles. The molecule has 22 heavy (non-hydrogen) atoms. The molecule has 1 atom stereocenters. The summed E-state index contributed by atoms with van der Waals surface area (Å²) >= 11 is 1.83. The van der Waals surface area contributed by atoms with E-state index in [4.69, 9.17) is 4.99 Å². The van der Waals surface area contributed by atoms with Crippen molar-refractivity contribution in [3.8, 4) is 0 Å². The molecule has 1 heterocycles. The summed E-state index contributed by atoms with van der Waals surface area (Å²) in [6, 6.07) is 5.38. The second kappa shape index (κ2) is 7.49. The molecule has 0 N–H and O–H groups in total. The van der Waals surface area contributed by atoms with Crippen LogP contribution < -0.4 is 0 Å². The lowest BCUT2D eigenvalue weighted by molar-refractivity contribution is 0.279. The summed E-state index contributed by atoms with van der Waals surface area (Å²) in [5.74, 6) is 2.20. The fourth-order valence-corrected chi connectivity index (χ4v) is 4.01. The Hall–Kier alpha value is -1.03. The van der Waals surface area contributed by atoms with E-state index in [9.17, 15) is 4.39 Å². The summed E-state index contributed by atoms with van der Waals surface area (Å²) in [4.78, 5) is 7.29. The third-order valence-corrected chi connectivity index (χ3v) is 4.91. The zero-order chi connectivity index (χ0) is 16.3. The van der Waals surface area contributed by atoms with Crippen LogP contribution in [0.5, 0.6) is 0 Å². The Balaban J connectivity index is 2.25. The topological polar surface area (TPSA) is 15.6 Å². The SMILES string of the molecule is Cc1cc(F)ccc1/N=C1\SC[C@H](CC(C)C)N1CC(C)C. The standard InChI is InChI=1S/C18H27FN2S/c1-12(2)8-16-11-22-18(21(16)10-13(3)4)20-17-7-6-15(19)9-14(17)5/h6-7,9,12-13,16H,8,10-11H2,1-5H3/b20-18-/t16-/m0/s1. The van der Waals surface area contributed by atoms with Crippen LogP contribution in [0.1, 0.15) is 39.7 Å². The van der Waals surface area contributed by atoms with Crippen LogP contribution in [0.3, 0.4) is 0 Å². The predicted molar refractivity (Wildman–Crippen MR) is 95.5 cm³/mol. The quantitative estimate of drug-likeness (QED) is 0.736. The highest BCUT2D eigenvalue weighted by atomic mass is 32.2. The highest BCUT2D eigenvalue weighted by Crippen LogP contribution is 2.32. The first-order chi connectivity index (χ1) is 10.4. The number of rotatable bonds is 5. The van der Waals surface area contributed by atoms with Gasteiger partial charge < -0.3 is 4.90 Å². The molecule has 1 aliphatic rings. The van der Waals surface area contributed by atoms with Gasteiger partial charge in [0, 0.05) is 18.3 Å². The lowest BCUT2D eigenvalue weighted by Crippen LogP contribution is -2.37. The van der Waals surface area contributed by atoms with Gasteiger partial charge in [0.05, 0.1) is 5.69 Å². The van der Waals surface area contributed by atoms with Gasteiger partial charge in [0.15, 0.2) is 5.17 Å². The van der Waals surface area contributed by atoms with Crippen LogP contribution in [0.2, 0.25) is 0 Å². The van der Waals surface area contributed by atoms with Gasteiger partial charge in [-0.1, -0.05) is 39.5 Å². The van der Waals surface area contributed by atoms with Gasteiger partial charge in [-0.2, -0.15) is 0 Å². The van der Waals surface area contributed by atoms with Crippen molar-refractivity contribution in [3.63, 3.8) is 0 Å². The van der Waals surface area contributed by atoms with Crippen LogP contribution in [-0.4, -0.2) is 28.4 Å². The minimum Gasteiger partial charge on any atom is -0.347 e. The molecule has 1 fully saturated rings. The van der Waals surface area contributed by atoms with Crippen LogP contribution in [0, 0.1) is 24.6 Å². The van der Waals surface area contributed by atoms with Crippen molar-refractivity contribution in [1.82, 2.24) is 4.90 Å². The van der Waals surface area contributed by atoms with Crippen molar-refractivity contribution in [1.29, 1.82) is 0 Å². The zero-order valence-electron chi connectivity index (χ0n) is 14.3. The summed E-state index contributed by atoms with van der Waals surface area (Å²) in [6.45, 7) is 12.0. The zero-order valence-corrected chi connectivity index (χ0v) is 15.1. The van der Waals surface area contributed by atoms with Crippen LogP contribution in [-0.2, 0) is 0 Å². The van der Waals surface area contributed by atoms with Crippen molar-refractivity contribution in [3.05, 3.63) is 29.6 Å². The molecule has 1 aromatic rings. The van der Waals surface area contributed by atoms with Gasteiger partial charge in [-0.3, -0.25) is 0 Å². The summed E-state index contributed by atoms with van der Waals surface area (Å²) < 4.78 is 13.3. The summed E-state index contributed by atoms with van der Waals surface area (Å²) in [7, 11) is 0. The maximum atomic E-state index is 13.3. The number of benzene rings is 1. The fourth-order valence-electron chi connectivity index (χ4n) is 2.80. The largest absolute Gasteiger partial charge is 0.347 e. The first kappa shape index (κ1) is 17.3. The van der Waals surface area contributed by atoms with Crippen LogP contribution >= 0.6 is 11.8 Å². The van der Waals surface area contributed by atoms with Gasteiger partial charge >= 0.3 is 0 Å². The van der Waals surface area contributed by atoms with E-state index >= 15 is 0 Å². The Morgan fingerprint density at radius 3 is 2.59 bits per heavy atom. The molecule has 0 spiro atoms. The highest BCUT2D eigenvalue weighted by Gasteiger charge is 2.31. The maximum absolute atomic E-state index is 13.3. The Labute approximate surface area is 138 Å². The number of nitrogens with zero attached hydrogens (tertiary/aromatic N) is 2. The second-order valence-corrected chi connectivity index (χ2v) is 7.95. The number of amidine groups is 1. The van der Waals surface area contributed by atoms with Gasteiger partial charge in [-0.05, 0) is 48.9 Å². The van der Waals surface area contributed by atoms with E-state index in [-0.39, 0.29) is 5.82 Å². The molecule has 4 heteroatoms. The van der Waals surface area contributed by atoms with E-state index in [0.717, 1.165) is 28.7 Å². The predicted octanol–water partition coefficient (Wildman–Crippen LogP) is 5.24. The fraction of sp³-hybridized carbons (Fsp3) is 0.611. The summed E-state index contributed by atoms with van der Waals surface area (Å²) in [6.07, 6.45) is 1.20. The van der Waals surface area contributed by atoms with Gasteiger partial charge in [-0.25, -0.2) is 9.38 Å². The molecular weight excluding hydrogens is 295 g/mol. The average Bonchev–Trinajstić information content (AvgIpc) is 2.74. The molecule has 0 bridgehead atoms. The Morgan fingerprint density at radius 1 is 1.27 bits per heavy atom. The Morgan fingerprint density at radius 2 is 2.00 bits per heavy atom.